The number of hydrogen-bond acceptors (Lipinski definition) is 6. The van der Waals surface area contributed by atoms with Crippen LogP contribution in [0.1, 0.15) is 18.1 Å². The van der Waals surface area contributed by atoms with Gasteiger partial charge in [0.1, 0.15) is 28.7 Å². The highest BCUT2D eigenvalue weighted by Gasteiger charge is 2.26. The summed E-state index contributed by atoms with van der Waals surface area (Å²) in [5.74, 6) is 1.05. The summed E-state index contributed by atoms with van der Waals surface area (Å²) in [6.45, 7) is 3.81. The van der Waals surface area contributed by atoms with Crippen molar-refractivity contribution in [3.63, 3.8) is 0 Å². The van der Waals surface area contributed by atoms with Gasteiger partial charge in [-0.2, -0.15) is 5.26 Å². The molecular formula is C31H25N3O3S. The summed E-state index contributed by atoms with van der Waals surface area (Å²) in [7, 11) is 1.62. The summed E-state index contributed by atoms with van der Waals surface area (Å²) in [6, 6.07) is 29.1. The number of aryl methyl sites for hydroxylation is 1. The van der Waals surface area contributed by atoms with Crippen molar-refractivity contribution in [1.82, 2.24) is 4.98 Å². The van der Waals surface area contributed by atoms with E-state index in [1.807, 2.05) is 91.9 Å². The number of methoxy groups -OCH3 is 1. The summed E-state index contributed by atoms with van der Waals surface area (Å²) in [6.07, 6.45) is 0. The Labute approximate surface area is 225 Å². The number of nitriles is 1. The summed E-state index contributed by atoms with van der Waals surface area (Å²) >= 11 is 1.33. The minimum atomic E-state index is -0.508. The third-order valence-electron chi connectivity index (χ3n) is 6.23. The van der Waals surface area contributed by atoms with Crippen LogP contribution in [0.4, 0.5) is 5.88 Å². The van der Waals surface area contributed by atoms with Gasteiger partial charge >= 0.3 is 0 Å². The molecule has 1 amide bonds. The van der Waals surface area contributed by atoms with Gasteiger partial charge in [0.2, 0.25) is 11.8 Å². The number of furan rings is 1. The number of thioether (sulfide) groups is 1. The Morgan fingerprint density at radius 1 is 1.03 bits per heavy atom. The van der Waals surface area contributed by atoms with Crippen LogP contribution in [0.25, 0.3) is 33.4 Å². The summed E-state index contributed by atoms with van der Waals surface area (Å²) < 4.78 is 11.6. The highest BCUT2D eigenvalue weighted by Crippen LogP contribution is 2.41. The number of anilines is 1. The van der Waals surface area contributed by atoms with E-state index < -0.39 is 5.25 Å². The Hall–Kier alpha value is -4.54. The van der Waals surface area contributed by atoms with E-state index in [0.717, 1.165) is 27.6 Å². The molecule has 6 nitrogen and oxygen atoms in total. The molecule has 0 aliphatic rings. The van der Waals surface area contributed by atoms with Gasteiger partial charge in [-0.05, 0) is 37.1 Å². The third kappa shape index (κ3) is 4.86. The van der Waals surface area contributed by atoms with Crippen molar-refractivity contribution < 1.29 is 13.9 Å². The molecule has 5 rings (SSSR count). The molecule has 0 aliphatic heterocycles. The molecule has 0 fully saturated rings. The van der Waals surface area contributed by atoms with E-state index in [4.69, 9.17) is 14.1 Å². The smallest absolute Gasteiger partial charge is 0.239 e. The molecule has 0 saturated heterocycles. The Balaban J connectivity index is 1.46. The molecule has 0 spiro atoms. The number of benzene rings is 3. The monoisotopic (exact) mass is 519 g/mol. The lowest BCUT2D eigenvalue weighted by molar-refractivity contribution is -0.115. The fraction of sp³-hybridized carbons (Fsp3) is 0.129. The lowest BCUT2D eigenvalue weighted by Gasteiger charge is -2.13. The normalized spacial score (nSPS) is 11.6. The quantitative estimate of drug-likeness (QED) is 0.224. The summed E-state index contributed by atoms with van der Waals surface area (Å²) in [4.78, 5) is 18.0. The van der Waals surface area contributed by atoms with Crippen LogP contribution in [-0.2, 0) is 4.79 Å². The number of para-hydroxylation sites is 1. The zero-order valence-electron chi connectivity index (χ0n) is 21.2. The Morgan fingerprint density at radius 2 is 1.71 bits per heavy atom. The number of fused-ring (bicyclic) bond motifs is 1. The molecule has 5 aromatic rings. The van der Waals surface area contributed by atoms with Gasteiger partial charge in [-0.25, -0.2) is 4.98 Å². The molecule has 2 heterocycles. The molecule has 0 bridgehead atoms. The number of aromatic nitrogens is 1. The van der Waals surface area contributed by atoms with E-state index in [9.17, 15) is 10.1 Å². The number of nitrogens with one attached hydrogen (secondary N) is 1. The van der Waals surface area contributed by atoms with Gasteiger partial charge in [-0.15, -0.1) is 0 Å². The van der Waals surface area contributed by atoms with Gasteiger partial charge in [0.25, 0.3) is 0 Å². The van der Waals surface area contributed by atoms with Crippen molar-refractivity contribution in [2.75, 3.05) is 12.4 Å². The first kappa shape index (κ1) is 25.1. The van der Waals surface area contributed by atoms with Gasteiger partial charge in [-0.1, -0.05) is 84.6 Å². The first-order valence-corrected chi connectivity index (χ1v) is 13.0. The molecule has 38 heavy (non-hydrogen) atoms. The zero-order chi connectivity index (χ0) is 26.6. The second kappa shape index (κ2) is 10.8. The summed E-state index contributed by atoms with van der Waals surface area (Å²) in [5, 5.41) is 14.2. The highest BCUT2D eigenvalue weighted by molar-refractivity contribution is 8.00. The lowest BCUT2D eigenvalue weighted by Crippen LogP contribution is -2.22. The topological polar surface area (TPSA) is 88.1 Å². The van der Waals surface area contributed by atoms with E-state index in [1.165, 1.54) is 11.8 Å². The lowest BCUT2D eigenvalue weighted by atomic mass is 9.98. The van der Waals surface area contributed by atoms with E-state index in [-0.39, 0.29) is 17.4 Å². The van der Waals surface area contributed by atoms with Crippen LogP contribution in [0, 0.1) is 18.3 Å². The number of carbonyl (C=O) groups is 1. The van der Waals surface area contributed by atoms with Gasteiger partial charge < -0.3 is 9.15 Å². The Bertz CT molecular complexity index is 1660. The molecule has 1 N–H and O–H groups in total. The van der Waals surface area contributed by atoms with Crippen molar-refractivity contribution in [1.29, 1.82) is 5.26 Å². The second-order valence-corrected chi connectivity index (χ2v) is 10.1. The average molecular weight is 520 g/mol. The minimum absolute atomic E-state index is 0.131. The van der Waals surface area contributed by atoms with E-state index in [0.29, 0.717) is 22.1 Å². The standard InChI is InChI=1S/C31H25N3O3S/c1-19-17-26(33-28-23(19)15-10-16-25(28)36-3)38-20(2)30(35)34-31-24(18-32)27(21-11-6-4-7-12-21)29(37-31)22-13-8-5-9-14-22/h4-17,20H,1-3H3,(H,34,35). The number of hydrogen-bond donors (Lipinski definition) is 1. The molecule has 0 aliphatic carbocycles. The van der Waals surface area contributed by atoms with Gasteiger partial charge in [0, 0.05) is 16.5 Å². The van der Waals surface area contributed by atoms with E-state index in [2.05, 4.69) is 11.4 Å². The molecule has 3 aromatic carbocycles. The maximum atomic E-state index is 13.3. The van der Waals surface area contributed by atoms with Crippen LogP contribution >= 0.6 is 11.8 Å². The van der Waals surface area contributed by atoms with Gasteiger partial charge in [-0.3, -0.25) is 10.1 Å². The average Bonchev–Trinajstić information content (AvgIpc) is 3.31. The number of carbonyl (C=O) groups excluding carboxylic acids is 1. The van der Waals surface area contributed by atoms with Crippen LogP contribution in [0.15, 0.2) is 94.4 Å². The number of amides is 1. The SMILES string of the molecule is COc1cccc2c(C)cc(SC(C)C(=O)Nc3oc(-c4ccccc4)c(-c4ccccc4)c3C#N)nc12. The Morgan fingerprint density at radius 3 is 2.37 bits per heavy atom. The molecule has 1 atom stereocenters. The van der Waals surface area contributed by atoms with Gasteiger partial charge in [0.05, 0.1) is 17.4 Å². The summed E-state index contributed by atoms with van der Waals surface area (Å²) in [5.41, 5.74) is 4.37. The number of ether oxygens (including phenoxy) is 1. The van der Waals surface area contributed by atoms with Crippen molar-refractivity contribution in [2.45, 2.75) is 24.1 Å². The first-order valence-electron chi connectivity index (χ1n) is 12.1. The van der Waals surface area contributed by atoms with Crippen LogP contribution in [0.2, 0.25) is 0 Å². The van der Waals surface area contributed by atoms with Crippen LogP contribution < -0.4 is 10.1 Å². The molecule has 7 heteroatoms. The number of rotatable bonds is 7. The van der Waals surface area contributed by atoms with Crippen molar-refractivity contribution >= 4 is 34.5 Å². The predicted octanol–water partition coefficient (Wildman–Crippen LogP) is 7.47. The zero-order valence-corrected chi connectivity index (χ0v) is 22.0. The second-order valence-electron chi connectivity index (χ2n) is 8.74. The molecule has 0 saturated carbocycles. The fourth-order valence-electron chi connectivity index (χ4n) is 4.33. The number of pyridine rings is 1. The highest BCUT2D eigenvalue weighted by atomic mass is 32.2. The number of nitrogens with zero attached hydrogens (tertiary/aromatic N) is 2. The largest absolute Gasteiger partial charge is 0.494 e. The van der Waals surface area contributed by atoms with E-state index in [1.54, 1.807) is 14.0 Å². The fourth-order valence-corrected chi connectivity index (χ4v) is 5.25. The van der Waals surface area contributed by atoms with Crippen molar-refractivity contribution in [3.8, 4) is 34.3 Å². The van der Waals surface area contributed by atoms with Gasteiger partial charge in [0.15, 0.2) is 0 Å². The maximum Gasteiger partial charge on any atom is 0.239 e. The third-order valence-corrected chi connectivity index (χ3v) is 7.25. The van der Waals surface area contributed by atoms with Crippen LogP contribution in [0.5, 0.6) is 5.75 Å². The van der Waals surface area contributed by atoms with Crippen LogP contribution in [-0.4, -0.2) is 23.3 Å². The van der Waals surface area contributed by atoms with Crippen molar-refractivity contribution in [3.05, 3.63) is 96.1 Å². The Kier molecular flexibility index (Phi) is 7.16. The molecular weight excluding hydrogens is 494 g/mol. The minimum Gasteiger partial charge on any atom is -0.494 e. The first-order chi connectivity index (χ1) is 18.5. The maximum absolute atomic E-state index is 13.3. The molecule has 1 unspecified atom stereocenters. The van der Waals surface area contributed by atoms with Crippen molar-refractivity contribution in [2.24, 2.45) is 0 Å². The van der Waals surface area contributed by atoms with E-state index >= 15 is 0 Å². The molecule has 2 aromatic heterocycles. The predicted molar refractivity (Wildman–Crippen MR) is 151 cm³/mol. The van der Waals surface area contributed by atoms with Crippen LogP contribution in [0.3, 0.4) is 0 Å². The molecule has 188 valence electrons. The molecule has 0 radical (unpaired) electrons.